The number of benzene rings is 2. The largest absolute Gasteiger partial charge is 0.486 e. The second kappa shape index (κ2) is 7.50. The number of carbonyl (C=O) groups excluding carboxylic acids is 2. The third kappa shape index (κ3) is 3.52. The highest BCUT2D eigenvalue weighted by atomic mass is 19.1. The first-order chi connectivity index (χ1) is 13.5. The average molecular weight is 384 g/mol. The van der Waals surface area contributed by atoms with Gasteiger partial charge in [-0.2, -0.15) is 0 Å². The predicted octanol–water partition coefficient (Wildman–Crippen LogP) is 2.61. The van der Waals surface area contributed by atoms with Crippen molar-refractivity contribution in [2.75, 3.05) is 31.7 Å². The summed E-state index contributed by atoms with van der Waals surface area (Å²) >= 11 is 0. The molecule has 0 N–H and O–H groups in total. The molecule has 0 aromatic heterocycles. The van der Waals surface area contributed by atoms with E-state index >= 15 is 0 Å². The van der Waals surface area contributed by atoms with Crippen LogP contribution >= 0.6 is 0 Å². The van der Waals surface area contributed by atoms with Crippen LogP contribution in [0.1, 0.15) is 12.0 Å². The number of halogens is 1. The summed E-state index contributed by atoms with van der Waals surface area (Å²) in [7, 11) is 1.63. The van der Waals surface area contributed by atoms with Gasteiger partial charge in [0.1, 0.15) is 19.0 Å². The Morgan fingerprint density at radius 2 is 1.93 bits per heavy atom. The molecule has 2 heterocycles. The van der Waals surface area contributed by atoms with Crippen molar-refractivity contribution >= 4 is 17.5 Å². The normalized spacial score (nSPS) is 18.3. The van der Waals surface area contributed by atoms with Gasteiger partial charge in [-0.15, -0.1) is 0 Å². The van der Waals surface area contributed by atoms with E-state index in [0.29, 0.717) is 42.5 Å². The van der Waals surface area contributed by atoms with Gasteiger partial charge in [0, 0.05) is 43.9 Å². The van der Waals surface area contributed by atoms with Crippen LogP contribution in [0, 0.1) is 11.7 Å². The van der Waals surface area contributed by atoms with Gasteiger partial charge in [0.2, 0.25) is 11.8 Å². The Hall–Kier alpha value is -3.09. The average Bonchev–Trinajstić information content (AvgIpc) is 3.10. The van der Waals surface area contributed by atoms with Gasteiger partial charge in [0.15, 0.2) is 11.5 Å². The number of amides is 2. The Labute approximate surface area is 162 Å². The molecule has 2 amide bonds. The van der Waals surface area contributed by atoms with E-state index in [4.69, 9.17) is 9.47 Å². The van der Waals surface area contributed by atoms with Crippen LogP contribution in [0.5, 0.6) is 11.5 Å². The molecule has 28 heavy (non-hydrogen) atoms. The number of fused-ring (bicyclic) bond motifs is 1. The van der Waals surface area contributed by atoms with Crippen LogP contribution in [0.3, 0.4) is 0 Å². The summed E-state index contributed by atoms with van der Waals surface area (Å²) in [6.45, 7) is 1.42. The highest BCUT2D eigenvalue weighted by Crippen LogP contribution is 2.36. The van der Waals surface area contributed by atoms with E-state index < -0.39 is 5.92 Å². The molecule has 146 valence electrons. The first kappa shape index (κ1) is 18.3. The second-order valence-electron chi connectivity index (χ2n) is 7.02. The predicted molar refractivity (Wildman–Crippen MR) is 101 cm³/mol. The Balaban J connectivity index is 1.45. The van der Waals surface area contributed by atoms with Crippen LogP contribution in [-0.2, 0) is 16.1 Å². The summed E-state index contributed by atoms with van der Waals surface area (Å²) in [6, 6.07) is 11.7. The molecule has 0 bridgehead atoms. The Morgan fingerprint density at radius 1 is 1.18 bits per heavy atom. The lowest BCUT2D eigenvalue weighted by molar-refractivity contribution is -0.135. The summed E-state index contributed by atoms with van der Waals surface area (Å²) in [6.07, 6.45) is 0.134. The van der Waals surface area contributed by atoms with Gasteiger partial charge in [0.25, 0.3) is 0 Å². The maximum absolute atomic E-state index is 13.9. The molecule has 0 aliphatic carbocycles. The van der Waals surface area contributed by atoms with Crippen LogP contribution in [0.15, 0.2) is 42.5 Å². The highest BCUT2D eigenvalue weighted by Gasteiger charge is 2.37. The molecule has 0 saturated carbocycles. The lowest BCUT2D eigenvalue weighted by Crippen LogP contribution is -2.34. The maximum Gasteiger partial charge on any atom is 0.228 e. The smallest absolute Gasteiger partial charge is 0.228 e. The first-order valence-corrected chi connectivity index (χ1v) is 9.21. The molecule has 4 rings (SSSR count). The van der Waals surface area contributed by atoms with Crippen molar-refractivity contribution in [1.29, 1.82) is 0 Å². The fourth-order valence-electron chi connectivity index (χ4n) is 3.59. The Morgan fingerprint density at radius 3 is 2.71 bits per heavy atom. The van der Waals surface area contributed by atoms with Gasteiger partial charge in [-0.1, -0.05) is 18.2 Å². The zero-order valence-corrected chi connectivity index (χ0v) is 15.6. The quantitative estimate of drug-likeness (QED) is 0.813. The maximum atomic E-state index is 13.9. The molecular weight excluding hydrogens is 363 g/mol. The number of carbonyl (C=O) groups is 2. The van der Waals surface area contributed by atoms with Gasteiger partial charge in [-0.3, -0.25) is 9.59 Å². The van der Waals surface area contributed by atoms with Gasteiger partial charge in [0.05, 0.1) is 5.92 Å². The first-order valence-electron chi connectivity index (χ1n) is 9.21. The summed E-state index contributed by atoms with van der Waals surface area (Å²) in [5.41, 5.74) is 1.13. The second-order valence-corrected chi connectivity index (χ2v) is 7.02. The van der Waals surface area contributed by atoms with Gasteiger partial charge in [-0.25, -0.2) is 4.39 Å². The van der Waals surface area contributed by atoms with Crippen molar-refractivity contribution in [3.8, 4) is 11.5 Å². The third-order valence-electron chi connectivity index (χ3n) is 5.05. The minimum atomic E-state index is -0.461. The minimum Gasteiger partial charge on any atom is -0.486 e. The molecule has 2 aromatic carbocycles. The molecule has 2 aliphatic heterocycles. The Kier molecular flexibility index (Phi) is 4.90. The van der Waals surface area contributed by atoms with E-state index in [0.717, 1.165) is 0 Å². The van der Waals surface area contributed by atoms with Crippen molar-refractivity contribution in [2.24, 2.45) is 5.92 Å². The van der Waals surface area contributed by atoms with Crippen LogP contribution in [0.25, 0.3) is 0 Å². The zero-order valence-electron chi connectivity index (χ0n) is 15.6. The molecule has 1 atom stereocenters. The van der Waals surface area contributed by atoms with E-state index in [-0.39, 0.29) is 30.6 Å². The van der Waals surface area contributed by atoms with Crippen molar-refractivity contribution in [3.05, 3.63) is 53.8 Å². The van der Waals surface area contributed by atoms with Gasteiger partial charge in [-0.05, 0) is 18.2 Å². The fraction of sp³-hybridized carbons (Fsp3) is 0.333. The monoisotopic (exact) mass is 384 g/mol. The standard InChI is InChI=1S/C21H21FN2O4/c1-23(12-14-4-2-3-5-17(14)22)21(26)15-10-20(25)24(13-15)16-6-7-18-19(11-16)28-9-8-27-18/h2-7,11,15H,8-10,12-13H2,1H3/t15-/m1/s1. The number of rotatable bonds is 4. The SMILES string of the molecule is CN(Cc1ccccc1F)C(=O)[C@@H]1CC(=O)N(c2ccc3c(c2)OCCO3)C1. The van der Waals surface area contributed by atoms with E-state index in [1.54, 1.807) is 48.3 Å². The molecule has 0 spiro atoms. The molecule has 0 unspecified atom stereocenters. The Bertz CT molecular complexity index is 917. The van der Waals surface area contributed by atoms with E-state index in [1.165, 1.54) is 11.0 Å². The number of ether oxygens (including phenoxy) is 2. The summed E-state index contributed by atoms with van der Waals surface area (Å²) in [5, 5.41) is 0. The highest BCUT2D eigenvalue weighted by molar-refractivity contribution is 6.00. The molecule has 2 aromatic rings. The lowest BCUT2D eigenvalue weighted by atomic mass is 10.1. The number of hydrogen-bond acceptors (Lipinski definition) is 4. The molecular formula is C21H21FN2O4. The van der Waals surface area contributed by atoms with Crippen LogP contribution in [0.2, 0.25) is 0 Å². The van der Waals surface area contributed by atoms with Crippen LogP contribution in [-0.4, -0.2) is 43.5 Å². The summed E-state index contributed by atoms with van der Waals surface area (Å²) < 4.78 is 24.9. The number of anilines is 1. The van der Waals surface area contributed by atoms with E-state index in [1.807, 2.05) is 0 Å². The van der Waals surface area contributed by atoms with Crippen LogP contribution in [0.4, 0.5) is 10.1 Å². The fourth-order valence-corrected chi connectivity index (χ4v) is 3.59. The molecule has 7 heteroatoms. The summed E-state index contributed by atoms with van der Waals surface area (Å²) in [4.78, 5) is 28.4. The zero-order chi connectivity index (χ0) is 19.7. The van der Waals surface area contributed by atoms with Crippen molar-refractivity contribution in [1.82, 2.24) is 4.90 Å². The lowest BCUT2D eigenvalue weighted by Gasteiger charge is -2.23. The molecule has 6 nitrogen and oxygen atoms in total. The van der Waals surface area contributed by atoms with Crippen molar-refractivity contribution < 1.29 is 23.5 Å². The van der Waals surface area contributed by atoms with Gasteiger partial charge < -0.3 is 19.3 Å². The van der Waals surface area contributed by atoms with Gasteiger partial charge >= 0.3 is 0 Å². The molecule has 1 fully saturated rings. The van der Waals surface area contributed by atoms with Crippen molar-refractivity contribution in [2.45, 2.75) is 13.0 Å². The van der Waals surface area contributed by atoms with Crippen molar-refractivity contribution in [3.63, 3.8) is 0 Å². The molecule has 2 aliphatic rings. The number of hydrogen-bond donors (Lipinski definition) is 0. The topological polar surface area (TPSA) is 59.1 Å². The molecule has 0 radical (unpaired) electrons. The third-order valence-corrected chi connectivity index (χ3v) is 5.05. The van der Waals surface area contributed by atoms with E-state index in [2.05, 4.69) is 0 Å². The van der Waals surface area contributed by atoms with Crippen LogP contribution < -0.4 is 14.4 Å². The molecule has 1 saturated heterocycles. The summed E-state index contributed by atoms with van der Waals surface area (Å²) in [5.74, 6) is 0.160. The number of nitrogens with zero attached hydrogens (tertiary/aromatic N) is 2. The van der Waals surface area contributed by atoms with E-state index in [9.17, 15) is 14.0 Å². The minimum absolute atomic E-state index is 0.116.